The van der Waals surface area contributed by atoms with E-state index in [1.54, 1.807) is 36.7 Å². The number of H-pyrrole nitrogens is 1. The van der Waals surface area contributed by atoms with Crippen molar-refractivity contribution < 1.29 is 4.79 Å². The van der Waals surface area contributed by atoms with Crippen LogP contribution in [0.4, 0.5) is 0 Å². The van der Waals surface area contributed by atoms with Crippen LogP contribution < -0.4 is 10.9 Å². The first-order valence-electron chi connectivity index (χ1n) is 7.23. The van der Waals surface area contributed by atoms with Crippen molar-refractivity contribution in [2.75, 3.05) is 0 Å². The minimum atomic E-state index is -0.395. The van der Waals surface area contributed by atoms with Crippen molar-refractivity contribution in [2.45, 2.75) is 33.7 Å². The highest BCUT2D eigenvalue weighted by Crippen LogP contribution is 2.19. The molecule has 22 heavy (non-hydrogen) atoms. The highest BCUT2D eigenvalue weighted by molar-refractivity contribution is 5.94. The van der Waals surface area contributed by atoms with Crippen molar-refractivity contribution in [2.24, 2.45) is 5.41 Å². The standard InChI is InChI=1S/C17H21N3O2/c1-11(17(2,3)4)19-15(21)13-5-6-14(20-16(13)22)12-7-9-18-10-8-12/h5-11H,1-4H3,(H,19,21)(H,20,22)/t11-/m0/s1. The summed E-state index contributed by atoms with van der Waals surface area (Å²) < 4.78 is 0. The molecule has 0 saturated heterocycles. The van der Waals surface area contributed by atoms with Crippen molar-refractivity contribution in [1.82, 2.24) is 15.3 Å². The number of pyridine rings is 2. The molecular weight excluding hydrogens is 278 g/mol. The summed E-state index contributed by atoms with van der Waals surface area (Å²) in [7, 11) is 0. The molecule has 1 amide bonds. The molecule has 1 atom stereocenters. The molecule has 2 heterocycles. The summed E-state index contributed by atoms with van der Waals surface area (Å²) in [4.78, 5) is 31.1. The van der Waals surface area contributed by atoms with Crippen LogP contribution in [0.5, 0.6) is 0 Å². The van der Waals surface area contributed by atoms with Crippen LogP contribution >= 0.6 is 0 Å². The van der Waals surface area contributed by atoms with E-state index in [2.05, 4.69) is 15.3 Å². The van der Waals surface area contributed by atoms with Gasteiger partial charge in [0.25, 0.3) is 11.5 Å². The van der Waals surface area contributed by atoms with E-state index >= 15 is 0 Å². The largest absolute Gasteiger partial charge is 0.349 e. The fraction of sp³-hybridized carbons (Fsp3) is 0.353. The van der Waals surface area contributed by atoms with Gasteiger partial charge in [-0.25, -0.2) is 0 Å². The molecule has 0 radical (unpaired) electrons. The summed E-state index contributed by atoms with van der Waals surface area (Å²) >= 11 is 0. The van der Waals surface area contributed by atoms with E-state index in [1.807, 2.05) is 27.7 Å². The third-order valence-corrected chi connectivity index (χ3v) is 3.79. The van der Waals surface area contributed by atoms with Crippen LogP contribution in [0.2, 0.25) is 0 Å². The monoisotopic (exact) mass is 299 g/mol. The molecule has 5 heteroatoms. The van der Waals surface area contributed by atoms with Crippen LogP contribution in [0.1, 0.15) is 38.1 Å². The maximum absolute atomic E-state index is 12.2. The molecule has 5 nitrogen and oxygen atoms in total. The zero-order chi connectivity index (χ0) is 16.3. The molecule has 0 bridgehead atoms. The molecule has 2 N–H and O–H groups in total. The molecule has 0 aliphatic rings. The molecule has 116 valence electrons. The highest BCUT2D eigenvalue weighted by Gasteiger charge is 2.23. The van der Waals surface area contributed by atoms with Gasteiger partial charge in [0.05, 0.1) is 0 Å². The van der Waals surface area contributed by atoms with Crippen LogP contribution in [0.15, 0.2) is 41.5 Å². The molecule has 0 spiro atoms. The summed E-state index contributed by atoms with van der Waals surface area (Å²) in [5.74, 6) is -0.357. The lowest BCUT2D eigenvalue weighted by atomic mass is 9.88. The van der Waals surface area contributed by atoms with Gasteiger partial charge in [0.1, 0.15) is 5.56 Å². The zero-order valence-corrected chi connectivity index (χ0v) is 13.3. The third-order valence-electron chi connectivity index (χ3n) is 3.79. The third kappa shape index (κ3) is 3.61. The first-order valence-corrected chi connectivity index (χ1v) is 7.23. The van der Waals surface area contributed by atoms with E-state index < -0.39 is 5.56 Å². The van der Waals surface area contributed by atoms with Crippen LogP contribution in [-0.4, -0.2) is 21.9 Å². The van der Waals surface area contributed by atoms with E-state index in [-0.39, 0.29) is 22.9 Å². The molecule has 0 aliphatic heterocycles. The van der Waals surface area contributed by atoms with Gasteiger partial charge < -0.3 is 10.3 Å². The quantitative estimate of drug-likeness (QED) is 0.914. The fourth-order valence-electron chi connectivity index (χ4n) is 1.84. The van der Waals surface area contributed by atoms with E-state index in [0.29, 0.717) is 5.69 Å². The van der Waals surface area contributed by atoms with Crippen molar-refractivity contribution in [3.63, 3.8) is 0 Å². The smallest absolute Gasteiger partial charge is 0.261 e. The van der Waals surface area contributed by atoms with Crippen LogP contribution in [-0.2, 0) is 0 Å². The Kier molecular flexibility index (Phi) is 4.45. The number of hydrogen-bond donors (Lipinski definition) is 2. The lowest BCUT2D eigenvalue weighted by Crippen LogP contribution is -2.43. The minimum Gasteiger partial charge on any atom is -0.349 e. The molecular formula is C17H21N3O2. The molecule has 2 aromatic rings. The van der Waals surface area contributed by atoms with Gasteiger partial charge in [-0.15, -0.1) is 0 Å². The van der Waals surface area contributed by atoms with Gasteiger partial charge in [0, 0.05) is 29.7 Å². The second kappa shape index (κ2) is 6.13. The summed E-state index contributed by atoms with van der Waals surface area (Å²) in [5.41, 5.74) is 1.16. The molecule has 2 rings (SSSR count). The van der Waals surface area contributed by atoms with Gasteiger partial charge in [-0.2, -0.15) is 0 Å². The average Bonchev–Trinajstić information content (AvgIpc) is 2.46. The Morgan fingerprint density at radius 2 is 1.82 bits per heavy atom. The minimum absolute atomic E-state index is 0.0423. The summed E-state index contributed by atoms with van der Waals surface area (Å²) in [5, 5.41) is 2.87. The normalized spacial score (nSPS) is 12.7. The van der Waals surface area contributed by atoms with Gasteiger partial charge in [-0.05, 0) is 36.6 Å². The number of carbonyl (C=O) groups excluding carboxylic acids is 1. The molecule has 2 aromatic heterocycles. The van der Waals surface area contributed by atoms with Gasteiger partial charge in [0.15, 0.2) is 0 Å². The van der Waals surface area contributed by atoms with E-state index in [4.69, 9.17) is 0 Å². The number of aromatic amines is 1. The Labute approximate surface area is 129 Å². The topological polar surface area (TPSA) is 74.8 Å². The second-order valence-corrected chi connectivity index (χ2v) is 6.41. The molecule has 0 unspecified atom stereocenters. The molecule has 0 aromatic carbocycles. The van der Waals surface area contributed by atoms with Gasteiger partial charge in [-0.1, -0.05) is 20.8 Å². The number of hydrogen-bond acceptors (Lipinski definition) is 3. The fourth-order valence-corrected chi connectivity index (χ4v) is 1.84. The van der Waals surface area contributed by atoms with E-state index in [0.717, 1.165) is 5.56 Å². The maximum atomic E-state index is 12.2. The molecule has 0 aliphatic carbocycles. The molecule has 0 saturated carbocycles. The Morgan fingerprint density at radius 3 is 2.36 bits per heavy atom. The Bertz CT molecular complexity index is 715. The van der Waals surface area contributed by atoms with Gasteiger partial charge in [0.2, 0.25) is 0 Å². The Balaban J connectivity index is 2.24. The van der Waals surface area contributed by atoms with Crippen LogP contribution in [0, 0.1) is 5.41 Å². The first kappa shape index (κ1) is 15.9. The van der Waals surface area contributed by atoms with Gasteiger partial charge in [-0.3, -0.25) is 14.6 Å². The number of amides is 1. The Hall–Kier alpha value is -2.43. The SMILES string of the molecule is C[C@H](NC(=O)c1ccc(-c2ccncc2)[nH]c1=O)C(C)(C)C. The first-order chi connectivity index (χ1) is 10.3. The number of carbonyl (C=O) groups is 1. The highest BCUT2D eigenvalue weighted by atomic mass is 16.2. The lowest BCUT2D eigenvalue weighted by molar-refractivity contribution is 0.0908. The second-order valence-electron chi connectivity index (χ2n) is 6.41. The predicted octanol–water partition coefficient (Wildman–Crippen LogP) is 2.60. The van der Waals surface area contributed by atoms with Crippen LogP contribution in [0.25, 0.3) is 11.3 Å². The summed E-state index contributed by atoms with van der Waals surface area (Å²) in [6, 6.07) is 6.84. The number of nitrogens with zero attached hydrogens (tertiary/aromatic N) is 1. The Morgan fingerprint density at radius 1 is 1.18 bits per heavy atom. The molecule has 0 fully saturated rings. The number of aromatic nitrogens is 2. The van der Waals surface area contributed by atoms with Crippen molar-refractivity contribution in [3.8, 4) is 11.3 Å². The maximum Gasteiger partial charge on any atom is 0.261 e. The van der Waals surface area contributed by atoms with Crippen molar-refractivity contribution >= 4 is 5.91 Å². The van der Waals surface area contributed by atoms with Crippen molar-refractivity contribution in [3.05, 3.63) is 52.6 Å². The average molecular weight is 299 g/mol. The van der Waals surface area contributed by atoms with E-state index in [9.17, 15) is 9.59 Å². The zero-order valence-electron chi connectivity index (χ0n) is 13.3. The number of nitrogens with one attached hydrogen (secondary N) is 2. The lowest BCUT2D eigenvalue weighted by Gasteiger charge is -2.27. The van der Waals surface area contributed by atoms with Gasteiger partial charge >= 0.3 is 0 Å². The summed E-state index contributed by atoms with van der Waals surface area (Å²) in [6.45, 7) is 8.04. The van der Waals surface area contributed by atoms with Crippen LogP contribution in [0.3, 0.4) is 0 Å². The van der Waals surface area contributed by atoms with E-state index in [1.165, 1.54) is 0 Å². The van der Waals surface area contributed by atoms with Crippen molar-refractivity contribution in [1.29, 1.82) is 0 Å². The predicted molar refractivity (Wildman–Crippen MR) is 86.7 cm³/mol. The summed E-state index contributed by atoms with van der Waals surface area (Å²) in [6.07, 6.45) is 3.30. The number of rotatable bonds is 3.